The summed E-state index contributed by atoms with van der Waals surface area (Å²) in [5.74, 6) is -0.226. The molecule has 0 aliphatic heterocycles. The Kier molecular flexibility index (Phi) is 7.03. The van der Waals surface area contributed by atoms with Crippen LogP contribution < -0.4 is 5.32 Å². The van der Waals surface area contributed by atoms with Crippen molar-refractivity contribution in [3.8, 4) is 0 Å². The van der Waals surface area contributed by atoms with Gasteiger partial charge in [0.05, 0.1) is 6.10 Å². The lowest BCUT2D eigenvalue weighted by atomic mass is 10.0. The van der Waals surface area contributed by atoms with E-state index in [2.05, 4.69) is 12.2 Å². The van der Waals surface area contributed by atoms with E-state index in [9.17, 15) is 9.50 Å². The van der Waals surface area contributed by atoms with E-state index in [0.29, 0.717) is 5.56 Å². The highest BCUT2D eigenvalue weighted by Gasteiger charge is 2.16. The molecule has 0 fully saturated rings. The van der Waals surface area contributed by atoms with E-state index in [4.69, 9.17) is 0 Å². The van der Waals surface area contributed by atoms with E-state index in [1.54, 1.807) is 19.1 Å². The summed E-state index contributed by atoms with van der Waals surface area (Å²) in [4.78, 5) is 0. The molecule has 0 saturated heterocycles. The van der Waals surface area contributed by atoms with Crippen molar-refractivity contribution in [3.05, 3.63) is 35.1 Å². The SMILES string of the molecule is CCCCCCNC(C)C(O)c1ccc(F)c(C)c1. The number of aliphatic hydroxyl groups excluding tert-OH is 1. The lowest BCUT2D eigenvalue weighted by Crippen LogP contribution is -2.33. The second-order valence-corrected chi connectivity index (χ2v) is 5.26. The molecule has 0 bridgehead atoms. The maximum Gasteiger partial charge on any atom is 0.126 e. The summed E-state index contributed by atoms with van der Waals surface area (Å²) in [6.45, 7) is 6.78. The van der Waals surface area contributed by atoms with Crippen molar-refractivity contribution in [1.82, 2.24) is 5.32 Å². The fourth-order valence-corrected chi connectivity index (χ4v) is 2.13. The summed E-state index contributed by atoms with van der Waals surface area (Å²) in [6, 6.07) is 4.77. The van der Waals surface area contributed by atoms with Crippen LogP contribution in [0.25, 0.3) is 0 Å². The van der Waals surface area contributed by atoms with Gasteiger partial charge in [-0.1, -0.05) is 38.3 Å². The van der Waals surface area contributed by atoms with Gasteiger partial charge in [0.2, 0.25) is 0 Å². The van der Waals surface area contributed by atoms with Gasteiger partial charge in [0.25, 0.3) is 0 Å². The summed E-state index contributed by atoms with van der Waals surface area (Å²) in [5.41, 5.74) is 1.35. The lowest BCUT2D eigenvalue weighted by Gasteiger charge is -2.21. The number of unbranched alkanes of at least 4 members (excludes halogenated alkanes) is 3. The molecule has 1 aromatic carbocycles. The van der Waals surface area contributed by atoms with Crippen LogP contribution in [0.1, 0.15) is 56.8 Å². The quantitative estimate of drug-likeness (QED) is 0.703. The second kappa shape index (κ2) is 8.28. The molecule has 0 heterocycles. The van der Waals surface area contributed by atoms with Crippen LogP contribution in [-0.4, -0.2) is 17.7 Å². The van der Waals surface area contributed by atoms with Crippen molar-refractivity contribution < 1.29 is 9.50 Å². The molecule has 0 radical (unpaired) electrons. The predicted molar refractivity (Wildman–Crippen MR) is 77.7 cm³/mol. The van der Waals surface area contributed by atoms with Crippen molar-refractivity contribution in [2.75, 3.05) is 6.54 Å². The van der Waals surface area contributed by atoms with Crippen molar-refractivity contribution >= 4 is 0 Å². The molecule has 0 spiro atoms. The monoisotopic (exact) mass is 267 g/mol. The zero-order valence-corrected chi connectivity index (χ0v) is 12.2. The Hall–Kier alpha value is -0.930. The first-order chi connectivity index (χ1) is 9.06. The van der Waals surface area contributed by atoms with Crippen molar-refractivity contribution in [3.63, 3.8) is 0 Å². The third-order valence-corrected chi connectivity index (χ3v) is 3.49. The highest BCUT2D eigenvalue weighted by Crippen LogP contribution is 2.19. The van der Waals surface area contributed by atoms with Crippen molar-refractivity contribution in [1.29, 1.82) is 0 Å². The average molecular weight is 267 g/mol. The van der Waals surface area contributed by atoms with Gasteiger partial charge in [-0.2, -0.15) is 0 Å². The maximum atomic E-state index is 13.2. The average Bonchev–Trinajstić information content (AvgIpc) is 2.40. The van der Waals surface area contributed by atoms with Gasteiger partial charge < -0.3 is 10.4 Å². The predicted octanol–water partition coefficient (Wildman–Crippen LogP) is 3.73. The minimum absolute atomic E-state index is 0.0218. The van der Waals surface area contributed by atoms with E-state index >= 15 is 0 Å². The van der Waals surface area contributed by atoms with Gasteiger partial charge in [-0.3, -0.25) is 0 Å². The molecule has 3 heteroatoms. The summed E-state index contributed by atoms with van der Waals surface area (Å²) < 4.78 is 13.2. The van der Waals surface area contributed by atoms with E-state index in [1.807, 2.05) is 6.92 Å². The third kappa shape index (κ3) is 5.29. The first kappa shape index (κ1) is 16.1. The van der Waals surface area contributed by atoms with Gasteiger partial charge in [-0.25, -0.2) is 4.39 Å². The summed E-state index contributed by atoms with van der Waals surface area (Å²) >= 11 is 0. The number of rotatable bonds is 8. The fraction of sp³-hybridized carbons (Fsp3) is 0.625. The molecule has 0 aromatic heterocycles. The third-order valence-electron chi connectivity index (χ3n) is 3.49. The van der Waals surface area contributed by atoms with Crippen molar-refractivity contribution in [2.45, 2.75) is 58.6 Å². The number of benzene rings is 1. The van der Waals surface area contributed by atoms with Gasteiger partial charge in [0, 0.05) is 6.04 Å². The summed E-state index contributed by atoms with van der Waals surface area (Å²) in [6.07, 6.45) is 4.25. The summed E-state index contributed by atoms with van der Waals surface area (Å²) in [7, 11) is 0. The Balaban J connectivity index is 2.42. The van der Waals surface area contributed by atoms with Crippen LogP contribution in [0.15, 0.2) is 18.2 Å². The van der Waals surface area contributed by atoms with Crippen LogP contribution in [0.4, 0.5) is 4.39 Å². The molecule has 1 aromatic rings. The second-order valence-electron chi connectivity index (χ2n) is 5.26. The molecular weight excluding hydrogens is 241 g/mol. The van der Waals surface area contributed by atoms with Crippen LogP contribution in [-0.2, 0) is 0 Å². The largest absolute Gasteiger partial charge is 0.387 e. The molecule has 108 valence electrons. The molecule has 2 N–H and O–H groups in total. The lowest BCUT2D eigenvalue weighted by molar-refractivity contribution is 0.136. The summed E-state index contributed by atoms with van der Waals surface area (Å²) in [5, 5.41) is 13.6. The van der Waals surface area contributed by atoms with E-state index < -0.39 is 6.10 Å². The highest BCUT2D eigenvalue weighted by atomic mass is 19.1. The molecule has 0 saturated carbocycles. The number of halogens is 1. The van der Waals surface area contributed by atoms with E-state index in [0.717, 1.165) is 18.5 Å². The van der Waals surface area contributed by atoms with Gasteiger partial charge in [-0.05, 0) is 44.0 Å². The molecule has 0 amide bonds. The first-order valence-corrected chi connectivity index (χ1v) is 7.23. The minimum Gasteiger partial charge on any atom is -0.387 e. The molecule has 0 aliphatic carbocycles. The van der Waals surface area contributed by atoms with Crippen LogP contribution in [0.3, 0.4) is 0 Å². The Morgan fingerprint density at radius 2 is 2.00 bits per heavy atom. The smallest absolute Gasteiger partial charge is 0.126 e. The van der Waals surface area contributed by atoms with Crippen LogP contribution in [0, 0.1) is 12.7 Å². The maximum absolute atomic E-state index is 13.2. The zero-order valence-electron chi connectivity index (χ0n) is 12.2. The molecule has 2 nitrogen and oxygen atoms in total. The van der Waals surface area contributed by atoms with Crippen molar-refractivity contribution in [2.24, 2.45) is 0 Å². The molecule has 1 rings (SSSR count). The van der Waals surface area contributed by atoms with Gasteiger partial charge >= 0.3 is 0 Å². The number of hydrogen-bond donors (Lipinski definition) is 2. The van der Waals surface area contributed by atoms with Crippen LogP contribution in [0.5, 0.6) is 0 Å². The van der Waals surface area contributed by atoms with E-state index in [-0.39, 0.29) is 11.9 Å². The van der Waals surface area contributed by atoms with E-state index in [1.165, 1.54) is 25.3 Å². The Morgan fingerprint density at radius 3 is 2.63 bits per heavy atom. The topological polar surface area (TPSA) is 32.3 Å². The van der Waals surface area contributed by atoms with Gasteiger partial charge in [0.1, 0.15) is 5.82 Å². The molecule has 19 heavy (non-hydrogen) atoms. The number of hydrogen-bond acceptors (Lipinski definition) is 2. The Bertz CT molecular complexity index is 381. The van der Waals surface area contributed by atoms with Crippen LogP contribution in [0.2, 0.25) is 0 Å². The molecular formula is C16H26FNO. The fourth-order valence-electron chi connectivity index (χ4n) is 2.13. The van der Waals surface area contributed by atoms with Crippen LogP contribution >= 0.6 is 0 Å². The highest BCUT2D eigenvalue weighted by molar-refractivity contribution is 5.26. The van der Waals surface area contributed by atoms with Gasteiger partial charge in [-0.15, -0.1) is 0 Å². The number of aliphatic hydroxyl groups is 1. The van der Waals surface area contributed by atoms with Gasteiger partial charge in [0.15, 0.2) is 0 Å². The standard InChI is InChI=1S/C16H26FNO/c1-4-5-6-7-10-18-13(3)16(19)14-8-9-15(17)12(2)11-14/h8-9,11,13,16,18-19H,4-7,10H2,1-3H3. The minimum atomic E-state index is -0.592. The first-order valence-electron chi connectivity index (χ1n) is 7.23. The Morgan fingerprint density at radius 1 is 1.26 bits per heavy atom. The Labute approximate surface area is 116 Å². The number of aryl methyl sites for hydroxylation is 1. The molecule has 0 aliphatic rings. The molecule has 2 atom stereocenters. The zero-order chi connectivity index (χ0) is 14.3. The molecule has 2 unspecified atom stereocenters. The normalized spacial score (nSPS) is 14.4. The number of nitrogens with one attached hydrogen (secondary N) is 1.